The van der Waals surface area contributed by atoms with Crippen molar-refractivity contribution in [2.45, 2.75) is 13.0 Å². The van der Waals surface area contributed by atoms with Crippen LogP contribution in [-0.4, -0.2) is 19.6 Å². The molecule has 18 heavy (non-hydrogen) atoms. The number of fused-ring (bicyclic) bond motifs is 1. The van der Waals surface area contributed by atoms with Crippen LogP contribution in [0.4, 0.5) is 4.79 Å². The van der Waals surface area contributed by atoms with Gasteiger partial charge in [-0.25, -0.2) is 4.79 Å². The van der Waals surface area contributed by atoms with Crippen molar-refractivity contribution >= 4 is 6.16 Å². The molecule has 94 valence electrons. The van der Waals surface area contributed by atoms with Gasteiger partial charge in [-0.15, -0.1) is 0 Å². The van der Waals surface area contributed by atoms with Crippen LogP contribution in [0, 0.1) is 11.3 Å². The molecule has 1 aromatic carbocycles. The first kappa shape index (κ1) is 12.0. The Morgan fingerprint density at radius 2 is 2.28 bits per heavy atom. The summed E-state index contributed by atoms with van der Waals surface area (Å²) in [4.78, 5) is 11.2. The van der Waals surface area contributed by atoms with Crippen LogP contribution in [-0.2, 0) is 9.47 Å². The van der Waals surface area contributed by atoms with E-state index in [9.17, 15) is 4.79 Å². The molecule has 0 saturated carbocycles. The van der Waals surface area contributed by atoms with Gasteiger partial charge in [0, 0.05) is 5.56 Å². The summed E-state index contributed by atoms with van der Waals surface area (Å²) in [6, 6.07) is 6.79. The van der Waals surface area contributed by atoms with Crippen LogP contribution in [0.25, 0.3) is 0 Å². The number of carbonyl (C=O) groups excluding carboxylic acids is 1. The van der Waals surface area contributed by atoms with Crippen LogP contribution in [0.3, 0.4) is 0 Å². The number of rotatable bonds is 3. The lowest BCUT2D eigenvalue weighted by Gasteiger charge is -2.11. The van der Waals surface area contributed by atoms with Crippen molar-refractivity contribution in [2.75, 3.05) is 13.4 Å². The molecule has 1 heterocycles. The molecule has 0 saturated heterocycles. The van der Waals surface area contributed by atoms with Crippen LogP contribution in [0.2, 0.25) is 0 Å². The summed E-state index contributed by atoms with van der Waals surface area (Å²) < 4.78 is 19.8. The summed E-state index contributed by atoms with van der Waals surface area (Å²) in [5.74, 6) is 1.13. The molecule has 1 aliphatic heterocycles. The van der Waals surface area contributed by atoms with E-state index < -0.39 is 12.3 Å². The highest BCUT2D eigenvalue weighted by Crippen LogP contribution is 2.34. The molecule has 6 heteroatoms. The second kappa shape index (κ2) is 5.27. The predicted molar refractivity (Wildman–Crippen MR) is 59.0 cm³/mol. The average Bonchev–Trinajstić information content (AvgIpc) is 2.83. The molecule has 0 amide bonds. The lowest BCUT2D eigenvalue weighted by molar-refractivity contribution is 0.0420. The number of nitrogens with zero attached hydrogens (tertiary/aromatic N) is 1. The predicted octanol–water partition coefficient (Wildman–Crippen LogP) is 2.15. The summed E-state index contributed by atoms with van der Waals surface area (Å²) in [5, 5.41) is 8.99. The van der Waals surface area contributed by atoms with Crippen LogP contribution in [0.15, 0.2) is 18.2 Å². The van der Waals surface area contributed by atoms with E-state index in [1.54, 1.807) is 25.1 Å². The summed E-state index contributed by atoms with van der Waals surface area (Å²) in [5.41, 5.74) is 0.509. The molecule has 6 nitrogen and oxygen atoms in total. The van der Waals surface area contributed by atoms with Crippen molar-refractivity contribution in [1.29, 1.82) is 5.26 Å². The fourth-order valence-corrected chi connectivity index (χ4v) is 1.49. The Labute approximate surface area is 104 Å². The van der Waals surface area contributed by atoms with E-state index in [0.29, 0.717) is 17.1 Å². The highest BCUT2D eigenvalue weighted by molar-refractivity contribution is 5.61. The standard InChI is InChI=1S/C12H11NO5/c1-2-15-12(14)18-11(6-13)8-3-4-9-10(5-8)17-7-16-9/h3-5,11H,2,7H2,1H3/t11-/m0/s1. The number of ether oxygens (including phenoxy) is 4. The Balaban J connectivity index is 2.13. The first-order valence-electron chi connectivity index (χ1n) is 5.37. The Hall–Kier alpha value is -2.42. The van der Waals surface area contributed by atoms with E-state index >= 15 is 0 Å². The maximum Gasteiger partial charge on any atom is 0.509 e. The second-order valence-electron chi connectivity index (χ2n) is 3.42. The molecule has 0 unspecified atom stereocenters. The molecule has 0 aliphatic carbocycles. The Morgan fingerprint density at radius 3 is 3.00 bits per heavy atom. The number of benzene rings is 1. The molecule has 2 rings (SSSR count). The van der Waals surface area contributed by atoms with E-state index in [4.69, 9.17) is 19.5 Å². The summed E-state index contributed by atoms with van der Waals surface area (Å²) in [7, 11) is 0. The SMILES string of the molecule is CCOC(=O)O[C@@H](C#N)c1ccc2c(c1)OCO2. The van der Waals surface area contributed by atoms with Crippen LogP contribution in [0.1, 0.15) is 18.6 Å². The smallest absolute Gasteiger partial charge is 0.454 e. The van der Waals surface area contributed by atoms with E-state index in [1.807, 2.05) is 6.07 Å². The summed E-state index contributed by atoms with van der Waals surface area (Å²) in [6.45, 7) is 2.00. The first-order valence-corrected chi connectivity index (χ1v) is 5.37. The molecule has 0 bridgehead atoms. The molecule has 1 aliphatic rings. The fourth-order valence-electron chi connectivity index (χ4n) is 1.49. The van der Waals surface area contributed by atoms with Crippen LogP contribution >= 0.6 is 0 Å². The van der Waals surface area contributed by atoms with E-state index in [0.717, 1.165) is 0 Å². The molecule has 0 radical (unpaired) electrons. The monoisotopic (exact) mass is 249 g/mol. The van der Waals surface area contributed by atoms with Gasteiger partial charge in [0.25, 0.3) is 0 Å². The zero-order valence-corrected chi connectivity index (χ0v) is 9.71. The van der Waals surface area contributed by atoms with Crippen molar-refractivity contribution in [1.82, 2.24) is 0 Å². The third-order valence-electron chi connectivity index (χ3n) is 2.29. The van der Waals surface area contributed by atoms with Crippen molar-refractivity contribution in [3.05, 3.63) is 23.8 Å². The molecule has 0 fully saturated rings. The zero-order valence-electron chi connectivity index (χ0n) is 9.71. The molecule has 1 atom stereocenters. The van der Waals surface area contributed by atoms with E-state index in [2.05, 4.69) is 4.74 Å². The molecule has 0 aromatic heterocycles. The number of carbonyl (C=O) groups is 1. The van der Waals surface area contributed by atoms with Gasteiger partial charge in [-0.2, -0.15) is 5.26 Å². The van der Waals surface area contributed by atoms with E-state index in [1.165, 1.54) is 0 Å². The maximum atomic E-state index is 11.2. The lowest BCUT2D eigenvalue weighted by Crippen LogP contribution is -2.11. The molecule has 1 aromatic rings. The minimum Gasteiger partial charge on any atom is -0.454 e. The second-order valence-corrected chi connectivity index (χ2v) is 3.42. The summed E-state index contributed by atoms with van der Waals surface area (Å²) >= 11 is 0. The third-order valence-corrected chi connectivity index (χ3v) is 2.29. The molecular weight excluding hydrogens is 238 g/mol. The largest absolute Gasteiger partial charge is 0.509 e. The van der Waals surface area contributed by atoms with Gasteiger partial charge in [0.2, 0.25) is 12.9 Å². The number of hydrogen-bond donors (Lipinski definition) is 0. The molecule has 0 spiro atoms. The van der Waals surface area contributed by atoms with Gasteiger partial charge in [-0.05, 0) is 19.1 Å². The van der Waals surface area contributed by atoms with Gasteiger partial charge in [0.1, 0.15) is 6.07 Å². The summed E-state index contributed by atoms with van der Waals surface area (Å²) in [6.07, 6.45) is -1.90. The normalized spacial score (nSPS) is 13.6. The molecular formula is C12H11NO5. The van der Waals surface area contributed by atoms with Crippen molar-refractivity contribution in [2.24, 2.45) is 0 Å². The van der Waals surface area contributed by atoms with Gasteiger partial charge in [0.15, 0.2) is 11.5 Å². The van der Waals surface area contributed by atoms with Crippen LogP contribution < -0.4 is 9.47 Å². The Bertz CT molecular complexity index is 494. The molecule has 0 N–H and O–H groups in total. The van der Waals surface area contributed by atoms with Gasteiger partial charge in [-0.3, -0.25) is 0 Å². The average molecular weight is 249 g/mol. The maximum absolute atomic E-state index is 11.2. The fraction of sp³-hybridized carbons (Fsp3) is 0.333. The zero-order chi connectivity index (χ0) is 13.0. The highest BCUT2D eigenvalue weighted by atomic mass is 16.7. The van der Waals surface area contributed by atoms with Crippen molar-refractivity contribution < 1.29 is 23.7 Å². The van der Waals surface area contributed by atoms with Crippen molar-refractivity contribution in [3.8, 4) is 17.6 Å². The topological polar surface area (TPSA) is 77.8 Å². The van der Waals surface area contributed by atoms with Crippen molar-refractivity contribution in [3.63, 3.8) is 0 Å². The van der Waals surface area contributed by atoms with Crippen LogP contribution in [0.5, 0.6) is 11.5 Å². The Morgan fingerprint density at radius 1 is 1.50 bits per heavy atom. The first-order chi connectivity index (χ1) is 8.74. The number of nitriles is 1. The van der Waals surface area contributed by atoms with Gasteiger partial charge in [0.05, 0.1) is 6.61 Å². The highest BCUT2D eigenvalue weighted by Gasteiger charge is 2.21. The third kappa shape index (κ3) is 2.46. The van der Waals surface area contributed by atoms with Gasteiger partial charge >= 0.3 is 6.16 Å². The minimum absolute atomic E-state index is 0.148. The lowest BCUT2D eigenvalue weighted by atomic mass is 10.1. The van der Waals surface area contributed by atoms with Gasteiger partial charge < -0.3 is 18.9 Å². The number of hydrogen-bond acceptors (Lipinski definition) is 6. The van der Waals surface area contributed by atoms with Gasteiger partial charge in [-0.1, -0.05) is 6.07 Å². The van der Waals surface area contributed by atoms with E-state index in [-0.39, 0.29) is 13.4 Å². The Kier molecular flexibility index (Phi) is 3.53. The minimum atomic E-state index is -1.03. The quantitative estimate of drug-likeness (QED) is 0.764.